The van der Waals surface area contributed by atoms with Gasteiger partial charge in [-0.3, -0.25) is 19.4 Å². The number of hydrogen-bond acceptors (Lipinski definition) is 7. The Kier molecular flexibility index (Phi) is 6.61. The minimum atomic E-state index is -0.441. The zero-order valence-electron chi connectivity index (χ0n) is 19.6. The number of hydrogen-bond donors (Lipinski definition) is 0. The number of pyridine rings is 1. The number of aromatic nitrogens is 1. The van der Waals surface area contributed by atoms with Gasteiger partial charge in [0.15, 0.2) is 0 Å². The molecule has 0 radical (unpaired) electrons. The van der Waals surface area contributed by atoms with Crippen molar-refractivity contribution in [1.29, 1.82) is 0 Å². The van der Waals surface area contributed by atoms with E-state index in [4.69, 9.17) is 14.2 Å². The number of Topliss-reactive ketones (excluding diaryl/α,β-unsaturated/α-hetero) is 2. The molecule has 8 heteroatoms. The third-order valence-corrected chi connectivity index (χ3v) is 6.18. The zero-order valence-corrected chi connectivity index (χ0v) is 19.6. The van der Waals surface area contributed by atoms with Crippen molar-refractivity contribution in [2.24, 2.45) is 0 Å². The van der Waals surface area contributed by atoms with E-state index in [0.717, 1.165) is 5.56 Å². The summed E-state index contributed by atoms with van der Waals surface area (Å²) in [7, 11) is 2.66. The molecular formula is C26H26N2O6. The van der Waals surface area contributed by atoms with Crippen molar-refractivity contribution in [1.82, 2.24) is 9.88 Å². The second-order valence-electron chi connectivity index (χ2n) is 8.03. The summed E-state index contributed by atoms with van der Waals surface area (Å²) in [6, 6.07) is 7.09. The molecule has 34 heavy (non-hydrogen) atoms. The van der Waals surface area contributed by atoms with Crippen LogP contribution in [0.3, 0.4) is 0 Å². The molecule has 1 fully saturated rings. The number of carbonyl (C=O) groups is 3. The second kappa shape index (κ2) is 9.61. The molecule has 1 aromatic carbocycles. The van der Waals surface area contributed by atoms with Crippen LogP contribution in [-0.2, 0) is 23.8 Å². The molecule has 1 saturated heterocycles. The molecule has 1 aromatic heterocycles. The van der Waals surface area contributed by atoms with Gasteiger partial charge in [-0.2, -0.15) is 0 Å². The molecule has 0 N–H and O–H groups in total. The van der Waals surface area contributed by atoms with Gasteiger partial charge < -0.3 is 19.1 Å². The Balaban J connectivity index is 1.91. The van der Waals surface area contributed by atoms with Crippen LogP contribution in [0.1, 0.15) is 28.4 Å². The van der Waals surface area contributed by atoms with Crippen molar-refractivity contribution in [2.45, 2.75) is 13.8 Å². The van der Waals surface area contributed by atoms with Gasteiger partial charge in [-0.1, -0.05) is 12.1 Å². The topological polar surface area (TPSA) is 95.0 Å². The summed E-state index contributed by atoms with van der Waals surface area (Å²) in [6.07, 6.45) is 3.34. The summed E-state index contributed by atoms with van der Waals surface area (Å²) in [6.45, 7) is 5.42. The summed E-state index contributed by atoms with van der Waals surface area (Å²) in [5, 5.41) is 0. The minimum Gasteiger partial charge on any atom is -0.489 e. The number of carbonyl (C=O) groups excluding carboxylic acids is 3. The lowest BCUT2D eigenvalue weighted by Gasteiger charge is -2.28. The molecule has 8 nitrogen and oxygen atoms in total. The SMILES string of the molecule is COC1=C(OC)C(=O)C(c2ccc(C(=O)N3CCOCC3)c(-c3cccnc3)c2C)=C(C)C1=O. The molecule has 0 saturated carbocycles. The number of benzene rings is 1. The van der Waals surface area contributed by atoms with E-state index in [1.165, 1.54) is 14.2 Å². The monoisotopic (exact) mass is 462 g/mol. The molecule has 1 aliphatic heterocycles. The Labute approximate surface area is 197 Å². The fourth-order valence-electron chi connectivity index (χ4n) is 4.45. The molecular weight excluding hydrogens is 436 g/mol. The van der Waals surface area contributed by atoms with E-state index in [1.54, 1.807) is 42.4 Å². The summed E-state index contributed by atoms with van der Waals surface area (Å²) >= 11 is 0. The first-order valence-corrected chi connectivity index (χ1v) is 10.9. The maximum Gasteiger partial charge on any atom is 0.254 e. The lowest BCUT2D eigenvalue weighted by molar-refractivity contribution is -0.119. The van der Waals surface area contributed by atoms with Crippen LogP contribution in [0.5, 0.6) is 0 Å². The van der Waals surface area contributed by atoms with E-state index in [1.807, 2.05) is 13.0 Å². The summed E-state index contributed by atoms with van der Waals surface area (Å²) in [5.41, 5.74) is 3.65. The molecule has 1 amide bonds. The number of allylic oxidation sites excluding steroid dienone is 2. The first-order chi connectivity index (χ1) is 16.4. The summed E-state index contributed by atoms with van der Waals surface area (Å²) in [4.78, 5) is 45.8. The lowest BCUT2D eigenvalue weighted by Crippen LogP contribution is -2.41. The molecule has 1 aliphatic carbocycles. The normalized spacial score (nSPS) is 16.8. The predicted octanol–water partition coefficient (Wildman–Crippen LogP) is 2.96. The first kappa shape index (κ1) is 23.4. The highest BCUT2D eigenvalue weighted by Crippen LogP contribution is 2.38. The van der Waals surface area contributed by atoms with E-state index in [0.29, 0.717) is 48.6 Å². The fourth-order valence-corrected chi connectivity index (χ4v) is 4.45. The highest BCUT2D eigenvalue weighted by Gasteiger charge is 2.36. The van der Waals surface area contributed by atoms with E-state index < -0.39 is 11.6 Å². The average Bonchev–Trinajstić information content (AvgIpc) is 2.87. The van der Waals surface area contributed by atoms with Crippen molar-refractivity contribution < 1.29 is 28.6 Å². The van der Waals surface area contributed by atoms with Crippen LogP contribution in [0.25, 0.3) is 16.7 Å². The van der Waals surface area contributed by atoms with Crippen LogP contribution in [0, 0.1) is 6.92 Å². The van der Waals surface area contributed by atoms with Gasteiger partial charge >= 0.3 is 0 Å². The van der Waals surface area contributed by atoms with Gasteiger partial charge in [-0.15, -0.1) is 0 Å². The third kappa shape index (κ3) is 3.90. The van der Waals surface area contributed by atoms with E-state index >= 15 is 0 Å². The van der Waals surface area contributed by atoms with Gasteiger partial charge in [0.25, 0.3) is 5.91 Å². The molecule has 0 unspecified atom stereocenters. The van der Waals surface area contributed by atoms with Crippen LogP contribution >= 0.6 is 0 Å². The highest BCUT2D eigenvalue weighted by atomic mass is 16.5. The summed E-state index contributed by atoms with van der Waals surface area (Å²) < 4.78 is 15.8. The maximum atomic E-state index is 13.5. The molecule has 2 heterocycles. The van der Waals surface area contributed by atoms with Crippen molar-refractivity contribution in [3.63, 3.8) is 0 Å². The number of methoxy groups -OCH3 is 2. The highest BCUT2D eigenvalue weighted by molar-refractivity contribution is 6.38. The maximum absolute atomic E-state index is 13.5. The van der Waals surface area contributed by atoms with Gasteiger partial charge in [-0.25, -0.2) is 0 Å². The average molecular weight is 463 g/mol. The first-order valence-electron chi connectivity index (χ1n) is 10.9. The smallest absolute Gasteiger partial charge is 0.254 e. The van der Waals surface area contributed by atoms with Gasteiger partial charge in [-0.05, 0) is 42.7 Å². The van der Waals surface area contributed by atoms with E-state index in [-0.39, 0.29) is 28.6 Å². The molecule has 0 spiro atoms. The van der Waals surface area contributed by atoms with Crippen molar-refractivity contribution in [3.05, 3.63) is 70.4 Å². The molecule has 0 bridgehead atoms. The number of morpholine rings is 1. The van der Waals surface area contributed by atoms with E-state index in [2.05, 4.69) is 4.98 Å². The minimum absolute atomic E-state index is 0.113. The third-order valence-electron chi connectivity index (χ3n) is 6.18. The Bertz CT molecular complexity index is 1220. The van der Waals surface area contributed by atoms with Crippen LogP contribution in [-0.4, -0.2) is 67.9 Å². The Morgan fingerprint density at radius 3 is 2.29 bits per heavy atom. The van der Waals surface area contributed by atoms with Crippen LogP contribution < -0.4 is 0 Å². The fraction of sp³-hybridized carbons (Fsp3) is 0.308. The van der Waals surface area contributed by atoms with Crippen molar-refractivity contribution in [3.8, 4) is 11.1 Å². The van der Waals surface area contributed by atoms with E-state index in [9.17, 15) is 14.4 Å². The van der Waals surface area contributed by atoms with Gasteiger partial charge in [0, 0.05) is 47.8 Å². The Hall–Kier alpha value is -3.78. The summed E-state index contributed by atoms with van der Waals surface area (Å²) in [5.74, 6) is -1.22. The molecule has 0 atom stereocenters. The van der Waals surface area contributed by atoms with Crippen molar-refractivity contribution >= 4 is 23.0 Å². The standard InChI is InChI=1S/C26H26N2O6/c1-15-18(21-16(2)22(29)24(32-3)25(33-4)23(21)30)7-8-19(20(15)17-6-5-9-27-14-17)26(31)28-10-12-34-13-11-28/h5-9,14H,10-13H2,1-4H3. The molecule has 2 aromatic rings. The van der Waals surface area contributed by atoms with Crippen LogP contribution in [0.4, 0.5) is 0 Å². The number of amides is 1. The zero-order chi connectivity index (χ0) is 24.4. The lowest BCUT2D eigenvalue weighted by atomic mass is 9.83. The Morgan fingerprint density at radius 2 is 1.68 bits per heavy atom. The molecule has 4 rings (SSSR count). The molecule has 176 valence electrons. The Morgan fingerprint density at radius 1 is 1.00 bits per heavy atom. The number of rotatable bonds is 5. The van der Waals surface area contributed by atoms with Gasteiger partial charge in [0.2, 0.25) is 23.1 Å². The number of nitrogens with zero attached hydrogens (tertiary/aromatic N) is 2. The molecule has 2 aliphatic rings. The predicted molar refractivity (Wildman–Crippen MR) is 125 cm³/mol. The van der Waals surface area contributed by atoms with Gasteiger partial charge in [0.05, 0.1) is 27.4 Å². The number of ether oxygens (including phenoxy) is 3. The van der Waals surface area contributed by atoms with Gasteiger partial charge in [0.1, 0.15) is 0 Å². The van der Waals surface area contributed by atoms with Crippen molar-refractivity contribution in [2.75, 3.05) is 40.5 Å². The largest absolute Gasteiger partial charge is 0.489 e. The van der Waals surface area contributed by atoms with Crippen LogP contribution in [0.15, 0.2) is 53.8 Å². The second-order valence-corrected chi connectivity index (χ2v) is 8.03. The quantitative estimate of drug-likeness (QED) is 0.631. The van der Waals surface area contributed by atoms with Crippen LogP contribution in [0.2, 0.25) is 0 Å². The number of ketones is 2.